The molecule has 0 unspecified atom stereocenters. The Balaban J connectivity index is 1.19. The summed E-state index contributed by atoms with van der Waals surface area (Å²) < 4.78 is 4.70. The lowest BCUT2D eigenvalue weighted by Gasteiger charge is -2.19. The zero-order valence-electron chi connectivity index (χ0n) is 45.8. The lowest BCUT2D eigenvalue weighted by atomic mass is 9.91. The molecule has 12 rings (SSSR count). The van der Waals surface area contributed by atoms with Crippen molar-refractivity contribution in [2.75, 3.05) is 0 Å². The van der Waals surface area contributed by atoms with Crippen LogP contribution in [0.15, 0.2) is 158 Å². The monoisotopic (exact) mass is 982 g/mol. The summed E-state index contributed by atoms with van der Waals surface area (Å²) in [5.74, 6) is 0. The maximum atomic E-state index is 12.0. The summed E-state index contributed by atoms with van der Waals surface area (Å²) in [6, 6.07) is 57.4. The minimum Gasteiger partial charge on any atom is -0.308 e. The van der Waals surface area contributed by atoms with Crippen molar-refractivity contribution in [3.8, 4) is 73.1 Å². The van der Waals surface area contributed by atoms with E-state index in [-0.39, 0.29) is 0 Å². The number of hydrogen-bond acceptors (Lipinski definition) is 2. The van der Waals surface area contributed by atoms with E-state index in [4.69, 9.17) is 0 Å². The first-order valence-corrected chi connectivity index (χ1v) is 26.6. The fraction of sp³-hybridized carbons (Fsp3) is 0.167. The largest absolute Gasteiger partial charge is 0.308 e. The van der Waals surface area contributed by atoms with Crippen LogP contribution in [0, 0.1) is 94.4 Å². The number of nitriles is 1. The number of fused-ring (bicyclic) bond motifs is 6. The van der Waals surface area contributed by atoms with Crippen molar-refractivity contribution in [1.29, 1.82) is 5.26 Å². The van der Waals surface area contributed by atoms with Crippen LogP contribution in [-0.2, 0) is 0 Å². The zero-order valence-corrected chi connectivity index (χ0v) is 45.8. The molecule has 0 aliphatic carbocycles. The van der Waals surface area contributed by atoms with Gasteiger partial charge in [0.25, 0.3) is 0 Å². The molecule has 0 N–H and O–H groups in total. The number of benzene rings is 9. The molecule has 76 heavy (non-hydrogen) atoms. The molecule has 0 aliphatic heterocycles. The highest BCUT2D eigenvalue weighted by atomic mass is 15.0. The third kappa shape index (κ3) is 7.84. The number of aryl methyl sites for hydroxylation is 12. The van der Waals surface area contributed by atoms with Crippen molar-refractivity contribution < 1.29 is 0 Å². The molecule has 0 atom stereocenters. The van der Waals surface area contributed by atoms with Gasteiger partial charge in [-0.1, -0.05) is 95.1 Å². The molecule has 370 valence electrons. The Labute approximate surface area is 447 Å². The van der Waals surface area contributed by atoms with Gasteiger partial charge in [-0.2, -0.15) is 5.26 Å². The van der Waals surface area contributed by atoms with Crippen LogP contribution >= 0.6 is 0 Å². The summed E-state index contributed by atoms with van der Waals surface area (Å²) in [7, 11) is 0. The predicted octanol–water partition coefficient (Wildman–Crippen LogP) is 19.2. The molecular weight excluding hydrogens is 921 g/mol. The van der Waals surface area contributed by atoms with Crippen LogP contribution in [0.3, 0.4) is 0 Å². The first-order valence-electron chi connectivity index (χ1n) is 26.6. The number of aromatic nitrogens is 3. The molecule has 0 spiro atoms. The Hall–Kier alpha value is -8.78. The molecular formula is C72H62N4. The SMILES string of the molecule is Cc1cc(C)c(-c2ccc3c(c2)c2cc(-c4c(C)cc(C)cc4C)ccc2n3-c2cc(-c3ccncc3)cc(-n3c4ccc(-c5c(C)cc(C)cc5C)cc4c4cc(-c5c(C)cc(C)cc5C)ccc43)c2C#N)c(C)c1. The second-order valence-electron chi connectivity index (χ2n) is 21.9. The van der Waals surface area contributed by atoms with Gasteiger partial charge in [-0.25, -0.2) is 0 Å². The standard InChI is InChI=1S/C72H62N4/c1-40-25-44(5)69(45(6)26-40)53-13-17-63-58(33-53)59-34-54(70-46(7)27-41(2)28-47(70)8)14-18-64(59)75(63)67-37-57(52-21-23-74-24-22-52)38-68(62(67)39-73)76-65-19-15-55(71-48(9)29-42(3)30-49(71)10)35-60(65)61-36-56(16-20-66(61)76)72-50(11)31-43(4)32-51(72)12/h13-38H,1-12H3. The molecule has 3 heterocycles. The highest BCUT2D eigenvalue weighted by Gasteiger charge is 2.25. The van der Waals surface area contributed by atoms with Gasteiger partial charge in [-0.3, -0.25) is 4.98 Å². The lowest BCUT2D eigenvalue weighted by molar-refractivity contribution is 1.12. The summed E-state index contributed by atoms with van der Waals surface area (Å²) in [6.07, 6.45) is 3.71. The van der Waals surface area contributed by atoms with Crippen LogP contribution in [0.5, 0.6) is 0 Å². The quantitative estimate of drug-likeness (QED) is 0.160. The zero-order chi connectivity index (χ0) is 53.0. The first-order chi connectivity index (χ1) is 36.6. The van der Waals surface area contributed by atoms with Crippen molar-refractivity contribution in [2.45, 2.75) is 83.1 Å². The normalized spacial score (nSPS) is 11.7. The van der Waals surface area contributed by atoms with E-state index in [0.717, 1.165) is 66.1 Å². The summed E-state index contributed by atoms with van der Waals surface area (Å²) in [5.41, 5.74) is 33.2. The van der Waals surface area contributed by atoms with Crippen molar-refractivity contribution in [2.24, 2.45) is 0 Å². The van der Waals surface area contributed by atoms with E-state index in [1.54, 1.807) is 0 Å². The average molecular weight is 983 g/mol. The van der Waals surface area contributed by atoms with Gasteiger partial charge in [0.1, 0.15) is 11.6 Å². The third-order valence-corrected chi connectivity index (χ3v) is 16.1. The molecule has 12 aromatic rings. The number of pyridine rings is 1. The topological polar surface area (TPSA) is 46.5 Å². The fourth-order valence-electron chi connectivity index (χ4n) is 13.5. The minimum absolute atomic E-state index is 0.586. The van der Waals surface area contributed by atoms with E-state index in [1.807, 2.05) is 12.4 Å². The van der Waals surface area contributed by atoms with Gasteiger partial charge >= 0.3 is 0 Å². The molecule has 0 radical (unpaired) electrons. The highest BCUT2D eigenvalue weighted by molar-refractivity contribution is 6.14. The first kappa shape index (κ1) is 48.2. The van der Waals surface area contributed by atoms with Gasteiger partial charge < -0.3 is 9.13 Å². The van der Waals surface area contributed by atoms with Gasteiger partial charge in [0.05, 0.1) is 33.4 Å². The number of rotatable bonds is 7. The summed E-state index contributed by atoms with van der Waals surface area (Å²) in [4.78, 5) is 4.45. The maximum absolute atomic E-state index is 12.0. The molecule has 0 amide bonds. The highest BCUT2D eigenvalue weighted by Crippen LogP contribution is 2.45. The Morgan fingerprint density at radius 2 is 0.566 bits per heavy atom. The second kappa shape index (κ2) is 18.3. The number of nitrogens with zero attached hydrogens (tertiary/aromatic N) is 4. The summed E-state index contributed by atoms with van der Waals surface area (Å²) in [6.45, 7) is 26.5. The Morgan fingerprint density at radius 3 is 0.816 bits per heavy atom. The molecule has 0 fully saturated rings. The van der Waals surface area contributed by atoms with E-state index in [9.17, 15) is 5.26 Å². The van der Waals surface area contributed by atoms with Crippen molar-refractivity contribution in [3.63, 3.8) is 0 Å². The van der Waals surface area contributed by atoms with Crippen molar-refractivity contribution >= 4 is 43.6 Å². The fourth-order valence-corrected chi connectivity index (χ4v) is 13.5. The van der Waals surface area contributed by atoms with Crippen LogP contribution in [0.1, 0.15) is 72.3 Å². The van der Waals surface area contributed by atoms with Gasteiger partial charge in [0.15, 0.2) is 0 Å². The average Bonchev–Trinajstić information content (AvgIpc) is 3.92. The Bertz CT molecular complexity index is 3890. The lowest BCUT2D eigenvalue weighted by Crippen LogP contribution is -2.05. The molecule has 4 heteroatoms. The minimum atomic E-state index is 0.586. The van der Waals surface area contributed by atoms with Gasteiger partial charge in [0.2, 0.25) is 0 Å². The van der Waals surface area contributed by atoms with E-state index in [2.05, 4.69) is 249 Å². The van der Waals surface area contributed by atoms with Crippen molar-refractivity contribution in [1.82, 2.24) is 14.1 Å². The summed E-state index contributed by atoms with van der Waals surface area (Å²) in [5, 5.41) is 16.5. The van der Waals surface area contributed by atoms with E-state index >= 15 is 0 Å². The predicted molar refractivity (Wildman–Crippen MR) is 322 cm³/mol. The molecule has 9 aromatic carbocycles. The van der Waals surface area contributed by atoms with Crippen LogP contribution in [0.2, 0.25) is 0 Å². The van der Waals surface area contributed by atoms with Crippen LogP contribution < -0.4 is 0 Å². The van der Waals surface area contributed by atoms with E-state index < -0.39 is 0 Å². The van der Waals surface area contributed by atoms with Crippen LogP contribution in [-0.4, -0.2) is 14.1 Å². The molecule has 3 aromatic heterocycles. The van der Waals surface area contributed by atoms with Crippen molar-refractivity contribution in [3.05, 3.63) is 230 Å². The van der Waals surface area contributed by atoms with Gasteiger partial charge in [-0.05, 0) is 256 Å². The molecule has 4 nitrogen and oxygen atoms in total. The summed E-state index contributed by atoms with van der Waals surface area (Å²) >= 11 is 0. The number of hydrogen-bond donors (Lipinski definition) is 0. The second-order valence-corrected chi connectivity index (χ2v) is 21.9. The van der Waals surface area contributed by atoms with Gasteiger partial charge in [-0.15, -0.1) is 0 Å². The van der Waals surface area contributed by atoms with E-state index in [1.165, 1.54) is 111 Å². The Kier molecular flexibility index (Phi) is 11.6. The molecule has 0 aliphatic rings. The molecule has 0 saturated carbocycles. The smallest absolute Gasteiger partial charge is 0.104 e. The third-order valence-electron chi connectivity index (χ3n) is 16.1. The molecule has 0 bridgehead atoms. The molecule has 0 saturated heterocycles. The Morgan fingerprint density at radius 1 is 0.303 bits per heavy atom. The van der Waals surface area contributed by atoms with Crippen LogP contribution in [0.4, 0.5) is 0 Å². The van der Waals surface area contributed by atoms with Crippen LogP contribution in [0.25, 0.3) is 111 Å². The maximum Gasteiger partial charge on any atom is 0.104 e. The van der Waals surface area contributed by atoms with Gasteiger partial charge in [0, 0.05) is 33.9 Å². The van der Waals surface area contributed by atoms with E-state index in [0.29, 0.717) is 5.56 Å².